The molecule has 0 aliphatic carbocycles. The lowest BCUT2D eigenvalue weighted by Crippen LogP contribution is -2.43. The van der Waals surface area contributed by atoms with Gasteiger partial charge >= 0.3 is 6.03 Å². The highest BCUT2D eigenvalue weighted by molar-refractivity contribution is 6.21. The second-order valence-electron chi connectivity index (χ2n) is 6.93. The van der Waals surface area contributed by atoms with Crippen molar-refractivity contribution in [3.63, 3.8) is 0 Å². The molecule has 140 valence electrons. The number of fused-ring (bicyclic) bond motifs is 1. The van der Waals surface area contributed by atoms with Gasteiger partial charge in [-0.15, -0.1) is 0 Å². The molecule has 4 amide bonds. The molecule has 1 unspecified atom stereocenters. The molecule has 1 fully saturated rings. The quantitative estimate of drug-likeness (QED) is 0.829. The number of nitrogens with zero attached hydrogens (tertiary/aromatic N) is 4. The van der Waals surface area contributed by atoms with Crippen molar-refractivity contribution in [3.8, 4) is 0 Å². The zero-order valence-electron chi connectivity index (χ0n) is 15.1. The van der Waals surface area contributed by atoms with E-state index in [1.807, 2.05) is 24.0 Å². The van der Waals surface area contributed by atoms with Crippen LogP contribution in [0.3, 0.4) is 0 Å². The Balaban J connectivity index is 1.28. The molecule has 27 heavy (non-hydrogen) atoms. The first-order valence-electron chi connectivity index (χ1n) is 9.03. The molecule has 0 spiro atoms. The number of imide groups is 1. The maximum Gasteiger partial charge on any atom is 0.317 e. The number of carbonyl (C=O) groups excluding carboxylic acids is 3. The van der Waals surface area contributed by atoms with Crippen molar-refractivity contribution in [2.75, 3.05) is 26.2 Å². The van der Waals surface area contributed by atoms with Crippen LogP contribution in [-0.4, -0.2) is 63.6 Å². The molecule has 4 rings (SSSR count). The minimum Gasteiger partial charge on any atom is -0.336 e. The van der Waals surface area contributed by atoms with Gasteiger partial charge in [0.15, 0.2) is 0 Å². The maximum atomic E-state index is 12.4. The van der Waals surface area contributed by atoms with Crippen molar-refractivity contribution in [3.05, 3.63) is 53.3 Å². The average Bonchev–Trinajstić information content (AvgIpc) is 3.37. The Morgan fingerprint density at radius 3 is 2.56 bits per heavy atom. The molecule has 2 aliphatic heterocycles. The van der Waals surface area contributed by atoms with Crippen molar-refractivity contribution < 1.29 is 14.4 Å². The number of likely N-dealkylation sites (tertiary alicyclic amines) is 1. The topological polar surface area (TPSA) is 87.5 Å². The van der Waals surface area contributed by atoms with Gasteiger partial charge in [-0.2, -0.15) is 5.10 Å². The van der Waals surface area contributed by atoms with Crippen LogP contribution in [0.15, 0.2) is 36.7 Å². The van der Waals surface area contributed by atoms with Crippen molar-refractivity contribution >= 4 is 17.8 Å². The monoisotopic (exact) mass is 367 g/mol. The van der Waals surface area contributed by atoms with Gasteiger partial charge in [0.05, 0.1) is 23.4 Å². The van der Waals surface area contributed by atoms with Crippen LogP contribution in [0, 0.1) is 6.92 Å². The number of aryl methyl sites for hydroxylation is 1. The summed E-state index contributed by atoms with van der Waals surface area (Å²) in [7, 11) is 0. The third-order valence-corrected chi connectivity index (χ3v) is 5.05. The van der Waals surface area contributed by atoms with E-state index >= 15 is 0 Å². The molecule has 1 aromatic heterocycles. The molecule has 2 aromatic rings. The number of urea groups is 1. The van der Waals surface area contributed by atoms with E-state index in [1.54, 1.807) is 29.2 Å². The highest BCUT2D eigenvalue weighted by atomic mass is 16.2. The van der Waals surface area contributed by atoms with Gasteiger partial charge in [0.1, 0.15) is 0 Å². The van der Waals surface area contributed by atoms with Crippen LogP contribution in [0.1, 0.15) is 38.7 Å². The molecular weight excluding hydrogens is 346 g/mol. The SMILES string of the molecule is Cc1cnn(C2CCN(C(=O)NCCN3C(=O)c4ccccc4C3=O)C2)c1. The number of benzene rings is 1. The Labute approximate surface area is 156 Å². The molecule has 1 N–H and O–H groups in total. The molecule has 0 bridgehead atoms. The summed E-state index contributed by atoms with van der Waals surface area (Å²) in [6, 6.07) is 6.77. The fourth-order valence-corrected chi connectivity index (χ4v) is 3.60. The standard InChI is InChI=1S/C19H21N5O3/c1-13-10-21-24(11-13)14-6-8-22(12-14)19(27)20-7-9-23-17(25)15-4-2-3-5-16(15)18(23)26/h2-5,10-11,14H,6-9,12H2,1H3,(H,20,27). The van der Waals surface area contributed by atoms with E-state index in [2.05, 4.69) is 10.4 Å². The number of nitrogens with one attached hydrogen (secondary N) is 1. The molecule has 2 aliphatic rings. The Hall–Kier alpha value is -3.16. The first-order chi connectivity index (χ1) is 13.0. The van der Waals surface area contributed by atoms with E-state index in [-0.39, 0.29) is 37.0 Å². The summed E-state index contributed by atoms with van der Waals surface area (Å²) in [6.07, 6.45) is 4.64. The lowest BCUT2D eigenvalue weighted by atomic mass is 10.1. The molecule has 1 saturated heterocycles. The molecule has 1 atom stereocenters. The van der Waals surface area contributed by atoms with E-state index < -0.39 is 0 Å². The number of rotatable bonds is 4. The summed E-state index contributed by atoms with van der Waals surface area (Å²) in [5, 5.41) is 7.13. The summed E-state index contributed by atoms with van der Waals surface area (Å²) in [4.78, 5) is 39.9. The van der Waals surface area contributed by atoms with Crippen LogP contribution in [-0.2, 0) is 0 Å². The third kappa shape index (κ3) is 3.18. The van der Waals surface area contributed by atoms with Crippen molar-refractivity contribution in [1.82, 2.24) is 24.9 Å². The van der Waals surface area contributed by atoms with Gasteiger partial charge in [-0.1, -0.05) is 12.1 Å². The number of aromatic nitrogens is 2. The van der Waals surface area contributed by atoms with E-state index in [1.165, 1.54) is 4.90 Å². The lowest BCUT2D eigenvalue weighted by Gasteiger charge is -2.19. The number of hydrogen-bond acceptors (Lipinski definition) is 4. The number of amides is 4. The third-order valence-electron chi connectivity index (χ3n) is 5.05. The van der Waals surface area contributed by atoms with Crippen molar-refractivity contribution in [1.29, 1.82) is 0 Å². The van der Waals surface area contributed by atoms with Crippen LogP contribution in [0.5, 0.6) is 0 Å². The first kappa shape index (κ1) is 17.3. The smallest absolute Gasteiger partial charge is 0.317 e. The molecule has 3 heterocycles. The van der Waals surface area contributed by atoms with E-state index in [0.29, 0.717) is 24.2 Å². The normalized spacial score (nSPS) is 18.9. The number of hydrogen-bond donors (Lipinski definition) is 1. The van der Waals surface area contributed by atoms with Crippen LogP contribution < -0.4 is 5.32 Å². The summed E-state index contributed by atoms with van der Waals surface area (Å²) in [5.74, 6) is -0.611. The fraction of sp³-hybridized carbons (Fsp3) is 0.368. The zero-order chi connectivity index (χ0) is 19.0. The van der Waals surface area contributed by atoms with Gasteiger partial charge in [0.2, 0.25) is 0 Å². The van der Waals surface area contributed by atoms with Gasteiger partial charge in [-0.3, -0.25) is 19.2 Å². The van der Waals surface area contributed by atoms with Crippen LogP contribution >= 0.6 is 0 Å². The highest BCUT2D eigenvalue weighted by Crippen LogP contribution is 2.22. The summed E-state index contributed by atoms with van der Waals surface area (Å²) >= 11 is 0. The summed E-state index contributed by atoms with van der Waals surface area (Å²) in [5.41, 5.74) is 1.94. The van der Waals surface area contributed by atoms with Crippen LogP contribution in [0.25, 0.3) is 0 Å². The molecule has 1 aromatic carbocycles. The molecular formula is C19H21N5O3. The average molecular weight is 367 g/mol. The second-order valence-corrected chi connectivity index (χ2v) is 6.93. The lowest BCUT2D eigenvalue weighted by molar-refractivity contribution is 0.0655. The van der Waals surface area contributed by atoms with E-state index in [0.717, 1.165) is 12.0 Å². The van der Waals surface area contributed by atoms with Gasteiger partial charge in [0, 0.05) is 32.4 Å². The maximum absolute atomic E-state index is 12.4. The molecule has 8 heteroatoms. The molecule has 0 saturated carbocycles. The predicted molar refractivity (Wildman–Crippen MR) is 97.4 cm³/mol. The second kappa shape index (κ2) is 6.86. The van der Waals surface area contributed by atoms with Gasteiger partial charge in [0.25, 0.3) is 11.8 Å². The van der Waals surface area contributed by atoms with E-state index in [9.17, 15) is 14.4 Å². The Kier molecular flexibility index (Phi) is 4.39. The summed E-state index contributed by atoms with van der Waals surface area (Å²) in [6.45, 7) is 3.63. The Bertz CT molecular complexity index is 871. The summed E-state index contributed by atoms with van der Waals surface area (Å²) < 4.78 is 1.90. The molecule has 8 nitrogen and oxygen atoms in total. The first-order valence-corrected chi connectivity index (χ1v) is 9.03. The minimum atomic E-state index is -0.305. The number of carbonyl (C=O) groups is 3. The Morgan fingerprint density at radius 1 is 1.22 bits per heavy atom. The van der Waals surface area contributed by atoms with Crippen molar-refractivity contribution in [2.45, 2.75) is 19.4 Å². The van der Waals surface area contributed by atoms with Gasteiger partial charge < -0.3 is 10.2 Å². The van der Waals surface area contributed by atoms with Gasteiger partial charge in [-0.05, 0) is 31.0 Å². The largest absolute Gasteiger partial charge is 0.336 e. The molecule has 0 radical (unpaired) electrons. The fourth-order valence-electron chi connectivity index (χ4n) is 3.60. The predicted octanol–water partition coefficient (Wildman–Crippen LogP) is 1.44. The van der Waals surface area contributed by atoms with Gasteiger partial charge in [-0.25, -0.2) is 4.79 Å². The minimum absolute atomic E-state index is 0.160. The van der Waals surface area contributed by atoms with Crippen LogP contribution in [0.4, 0.5) is 4.79 Å². The van der Waals surface area contributed by atoms with E-state index in [4.69, 9.17) is 0 Å². The zero-order valence-corrected chi connectivity index (χ0v) is 15.1. The highest BCUT2D eigenvalue weighted by Gasteiger charge is 2.35. The van der Waals surface area contributed by atoms with Crippen LogP contribution in [0.2, 0.25) is 0 Å². The Morgan fingerprint density at radius 2 is 1.93 bits per heavy atom. The van der Waals surface area contributed by atoms with Crippen molar-refractivity contribution in [2.24, 2.45) is 0 Å².